The second kappa shape index (κ2) is 16.6. The number of hydrogen-bond acceptors (Lipinski definition) is 14. The van der Waals surface area contributed by atoms with E-state index in [4.69, 9.17) is 28.4 Å². The van der Waals surface area contributed by atoms with Crippen LogP contribution in [-0.4, -0.2) is 85.7 Å². The van der Waals surface area contributed by atoms with Gasteiger partial charge in [0.15, 0.2) is 35.4 Å². The molecule has 0 aliphatic carbocycles. The van der Waals surface area contributed by atoms with E-state index in [1.807, 2.05) is 0 Å². The molecule has 1 fully saturated rings. The number of hydrogen-bond donors (Lipinski definition) is 0. The Labute approximate surface area is 327 Å². The Morgan fingerprint density at radius 2 is 1.12 bits per heavy atom. The van der Waals surface area contributed by atoms with Crippen molar-refractivity contribution in [2.24, 2.45) is 0 Å². The van der Waals surface area contributed by atoms with Gasteiger partial charge < -0.3 is 28.4 Å². The number of benzene rings is 3. The lowest BCUT2D eigenvalue weighted by Crippen LogP contribution is -2.44. The number of imidazole rings is 1. The number of anilines is 1. The summed E-state index contributed by atoms with van der Waals surface area (Å²) in [5.74, 6) is -2.50. The number of fused-ring (bicyclic) bond motifs is 1. The number of imide groups is 1. The molecule has 1 aliphatic heterocycles. The van der Waals surface area contributed by atoms with E-state index in [1.165, 1.54) is 10.9 Å². The predicted octanol–water partition coefficient (Wildman–Crippen LogP) is 6.71. The highest BCUT2D eigenvalue weighted by molar-refractivity contribution is 6.12. The summed E-state index contributed by atoms with van der Waals surface area (Å²) in [4.78, 5) is 81.2. The van der Waals surface area contributed by atoms with Gasteiger partial charge in [-0.1, -0.05) is 54.6 Å². The molecule has 0 spiro atoms. The summed E-state index contributed by atoms with van der Waals surface area (Å²) in [6.07, 6.45) is -5.14. The number of esters is 3. The largest absolute Gasteiger partial charge is 0.459 e. The predicted molar refractivity (Wildman–Crippen MR) is 202 cm³/mol. The monoisotopic (exact) mass is 779 g/mol. The van der Waals surface area contributed by atoms with Crippen LogP contribution in [-0.2, 0) is 28.4 Å². The molecule has 3 aromatic carbocycles. The minimum Gasteiger partial charge on any atom is -0.459 e. The van der Waals surface area contributed by atoms with Crippen molar-refractivity contribution in [2.75, 3.05) is 11.5 Å². The van der Waals surface area contributed by atoms with Gasteiger partial charge in [0.1, 0.15) is 30.2 Å². The van der Waals surface area contributed by atoms with E-state index in [0.717, 1.165) is 6.33 Å². The lowest BCUT2D eigenvalue weighted by atomic mass is 10.1. The van der Waals surface area contributed by atoms with Crippen molar-refractivity contribution in [2.45, 2.75) is 77.3 Å². The zero-order valence-corrected chi connectivity index (χ0v) is 32.1. The molecule has 296 valence electrons. The van der Waals surface area contributed by atoms with Gasteiger partial charge in [-0.25, -0.2) is 38.9 Å². The second-order valence-electron chi connectivity index (χ2n) is 14.8. The number of carbonyl (C=O) groups excluding carboxylic acids is 5. The minimum absolute atomic E-state index is 0.0120. The molecule has 0 N–H and O–H groups in total. The third-order valence-corrected chi connectivity index (χ3v) is 8.16. The zero-order valence-electron chi connectivity index (χ0n) is 32.1. The van der Waals surface area contributed by atoms with Gasteiger partial charge in [-0.05, 0) is 77.9 Å². The van der Waals surface area contributed by atoms with Crippen molar-refractivity contribution in [3.05, 3.63) is 120 Å². The number of nitrogens with zero attached hydrogens (tertiary/aromatic N) is 5. The molecular formula is C41H41N5O11. The highest BCUT2D eigenvalue weighted by Gasteiger charge is 2.52. The molecule has 1 aliphatic rings. The second-order valence-corrected chi connectivity index (χ2v) is 14.8. The standard InChI is InChI=1S/C41H41N5O11/c1-40(2,3)56-38(50)46(39(51)57-41(4,5)6)33-29-32(42-23-43-33)45(24-44-29)34-31(55-37(49)27-20-14-9-15-21-27)30(54-36(48)26-18-12-8-13-19-26)28(53-34)22-52-35(47)25-16-10-7-11-17-25/h7-21,23-24,28,30-31,34H,22H2,1-6H3/t28-,30-,31-,34-/m1/s1. The Morgan fingerprint density at radius 1 is 0.649 bits per heavy atom. The fraction of sp³-hybridized carbons (Fsp3) is 0.317. The summed E-state index contributed by atoms with van der Waals surface area (Å²) in [6.45, 7) is 9.35. The summed E-state index contributed by atoms with van der Waals surface area (Å²) in [7, 11) is 0. The fourth-order valence-corrected chi connectivity index (χ4v) is 5.73. The van der Waals surface area contributed by atoms with E-state index in [1.54, 1.807) is 133 Å². The van der Waals surface area contributed by atoms with E-state index in [2.05, 4.69) is 15.0 Å². The van der Waals surface area contributed by atoms with E-state index in [9.17, 15) is 24.0 Å². The molecule has 5 aromatic rings. The molecule has 57 heavy (non-hydrogen) atoms. The van der Waals surface area contributed by atoms with Crippen molar-refractivity contribution in [3.63, 3.8) is 0 Å². The van der Waals surface area contributed by atoms with Crippen molar-refractivity contribution in [3.8, 4) is 0 Å². The van der Waals surface area contributed by atoms with Crippen LogP contribution in [0.15, 0.2) is 104 Å². The van der Waals surface area contributed by atoms with Gasteiger partial charge in [0.25, 0.3) is 0 Å². The van der Waals surface area contributed by atoms with Crippen LogP contribution in [0.5, 0.6) is 0 Å². The first-order valence-electron chi connectivity index (χ1n) is 17.9. The molecule has 3 heterocycles. The van der Waals surface area contributed by atoms with E-state index in [0.29, 0.717) is 4.90 Å². The molecule has 1 saturated heterocycles. The van der Waals surface area contributed by atoms with Gasteiger partial charge in [-0.3, -0.25) is 4.57 Å². The quantitative estimate of drug-likeness (QED) is 0.113. The first kappa shape index (κ1) is 40.0. The third-order valence-electron chi connectivity index (χ3n) is 8.16. The summed E-state index contributed by atoms with van der Waals surface area (Å²) in [6, 6.07) is 24.5. The maximum atomic E-state index is 13.7. The molecule has 0 saturated carbocycles. The van der Waals surface area contributed by atoms with Crippen LogP contribution in [0, 0.1) is 0 Å². The lowest BCUT2D eigenvalue weighted by molar-refractivity contribution is -0.0606. The van der Waals surface area contributed by atoms with Crippen molar-refractivity contribution in [1.29, 1.82) is 0 Å². The first-order valence-corrected chi connectivity index (χ1v) is 17.9. The Bertz CT molecular complexity index is 2210. The maximum Gasteiger partial charge on any atom is 0.425 e. The molecule has 2 amide bonds. The number of aromatic nitrogens is 4. The van der Waals surface area contributed by atoms with Crippen LogP contribution in [0.2, 0.25) is 0 Å². The first-order chi connectivity index (χ1) is 27.1. The van der Waals surface area contributed by atoms with E-state index >= 15 is 0 Å². The van der Waals surface area contributed by atoms with Crippen LogP contribution < -0.4 is 4.90 Å². The van der Waals surface area contributed by atoms with Crippen molar-refractivity contribution < 1.29 is 52.4 Å². The van der Waals surface area contributed by atoms with Gasteiger partial charge in [-0.15, -0.1) is 0 Å². The molecule has 16 nitrogen and oxygen atoms in total. The molecule has 4 atom stereocenters. The average molecular weight is 780 g/mol. The van der Waals surface area contributed by atoms with Crippen molar-refractivity contribution in [1.82, 2.24) is 19.5 Å². The molecule has 6 rings (SSSR count). The van der Waals surface area contributed by atoms with Crippen LogP contribution in [0.1, 0.15) is 78.8 Å². The van der Waals surface area contributed by atoms with Crippen LogP contribution in [0.25, 0.3) is 11.2 Å². The molecule has 0 bridgehead atoms. The maximum absolute atomic E-state index is 13.7. The Morgan fingerprint density at radius 3 is 1.61 bits per heavy atom. The van der Waals surface area contributed by atoms with Gasteiger partial charge in [0.05, 0.1) is 23.0 Å². The van der Waals surface area contributed by atoms with Gasteiger partial charge in [-0.2, -0.15) is 4.90 Å². The normalized spacial score (nSPS) is 18.0. The number of rotatable bonds is 9. The highest BCUT2D eigenvalue weighted by atomic mass is 16.7. The Kier molecular flexibility index (Phi) is 11.6. The highest BCUT2D eigenvalue weighted by Crippen LogP contribution is 2.38. The number of amides is 2. The molecule has 16 heteroatoms. The van der Waals surface area contributed by atoms with E-state index < -0.39 is 72.4 Å². The number of ether oxygens (including phenoxy) is 6. The molecule has 0 radical (unpaired) electrons. The zero-order chi connectivity index (χ0) is 40.9. The van der Waals surface area contributed by atoms with Crippen LogP contribution in [0.4, 0.5) is 15.4 Å². The topological polar surface area (TPSA) is 188 Å². The van der Waals surface area contributed by atoms with Gasteiger partial charge >= 0.3 is 30.1 Å². The lowest BCUT2D eigenvalue weighted by Gasteiger charge is -2.28. The minimum atomic E-state index is -1.41. The summed E-state index contributed by atoms with van der Waals surface area (Å²) in [5.41, 5.74) is -1.43. The average Bonchev–Trinajstić information content (AvgIpc) is 3.74. The van der Waals surface area contributed by atoms with Crippen LogP contribution >= 0.6 is 0 Å². The van der Waals surface area contributed by atoms with Crippen LogP contribution in [0.3, 0.4) is 0 Å². The van der Waals surface area contributed by atoms with Gasteiger partial charge in [0, 0.05) is 0 Å². The third kappa shape index (κ3) is 9.59. The van der Waals surface area contributed by atoms with E-state index in [-0.39, 0.29) is 33.7 Å². The summed E-state index contributed by atoms with van der Waals surface area (Å²) < 4.78 is 36.7. The molecular weight excluding hydrogens is 738 g/mol. The molecule has 0 unspecified atom stereocenters. The number of carbonyl (C=O) groups is 5. The Hall–Kier alpha value is -6.68. The summed E-state index contributed by atoms with van der Waals surface area (Å²) in [5, 5.41) is 0. The van der Waals surface area contributed by atoms with Gasteiger partial charge in [0.2, 0.25) is 0 Å². The van der Waals surface area contributed by atoms with Crippen molar-refractivity contribution >= 4 is 47.1 Å². The fourth-order valence-electron chi connectivity index (χ4n) is 5.73. The molecule has 2 aromatic heterocycles. The Balaban J connectivity index is 1.43. The SMILES string of the molecule is CC(C)(C)OC(=O)N(C(=O)OC(C)(C)C)c1ncnc2c1ncn2[C@@H]1O[C@H](COC(=O)c2ccccc2)[C@@H](OC(=O)c2ccccc2)[C@H]1OC(=O)c1ccccc1. The smallest absolute Gasteiger partial charge is 0.425 e. The summed E-state index contributed by atoms with van der Waals surface area (Å²) >= 11 is 0.